The molecule has 0 aromatic heterocycles. The van der Waals surface area contributed by atoms with Crippen molar-refractivity contribution in [3.05, 3.63) is 42.0 Å². The third-order valence-electron chi connectivity index (χ3n) is 2.07. The fourth-order valence-corrected chi connectivity index (χ4v) is 2.46. The van der Waals surface area contributed by atoms with Gasteiger partial charge in [-0.1, -0.05) is 51.1 Å². The molecule has 0 spiro atoms. The first-order valence-electron chi connectivity index (χ1n) is 5.51. The zero-order valence-corrected chi connectivity index (χ0v) is 11.5. The van der Waals surface area contributed by atoms with Crippen molar-refractivity contribution in [3.8, 4) is 0 Å². The highest BCUT2D eigenvalue weighted by Gasteiger charge is 2.28. The van der Waals surface area contributed by atoms with Crippen molar-refractivity contribution in [2.45, 2.75) is 33.9 Å². The van der Waals surface area contributed by atoms with Gasteiger partial charge in [-0.15, -0.1) is 0 Å². The Morgan fingerprint density at radius 1 is 1.07 bits per heavy atom. The van der Waals surface area contributed by atoms with Gasteiger partial charge in [0.05, 0.1) is 0 Å². The van der Waals surface area contributed by atoms with Crippen LogP contribution < -0.4 is 0 Å². The smallest absolute Gasteiger partial charge is 0.172 e. The second-order valence-electron chi connectivity index (χ2n) is 5.11. The lowest BCUT2D eigenvalue weighted by atomic mass is 9.85. The minimum atomic E-state index is -1.04. The molecule has 0 saturated heterocycles. The highest BCUT2D eigenvalue weighted by molar-refractivity contribution is 6.48. The molecular weight excluding hydrogens is 200 g/mol. The Morgan fingerprint density at radius 2 is 1.60 bits per heavy atom. The summed E-state index contributed by atoms with van der Waals surface area (Å²) in [5, 5.41) is 0. The van der Waals surface area contributed by atoms with Crippen molar-refractivity contribution in [1.29, 1.82) is 0 Å². The summed E-state index contributed by atoms with van der Waals surface area (Å²) < 4.78 is 6.06. The van der Waals surface area contributed by atoms with Crippen molar-refractivity contribution in [3.63, 3.8) is 0 Å². The number of hydrogen-bond acceptors (Lipinski definition) is 1. The minimum absolute atomic E-state index is 0.0820. The van der Waals surface area contributed by atoms with E-state index in [1.54, 1.807) is 0 Å². The molecule has 0 atom stereocenters. The Kier molecular flexibility index (Phi) is 4.11. The first kappa shape index (κ1) is 12.5. The third kappa shape index (κ3) is 3.80. The number of benzene rings is 1. The van der Waals surface area contributed by atoms with Crippen LogP contribution in [-0.2, 0) is 4.43 Å². The normalized spacial score (nSPS) is 12.5. The predicted molar refractivity (Wildman–Crippen MR) is 68.2 cm³/mol. The molecule has 0 N–H and O–H groups in total. The standard InChI is InChI=1S/C13H21OSi/c1-13(2,3)12(14-15(4)5)11-9-7-6-8-10-11/h6-10,15H,1-5H3. The Labute approximate surface area is 95.2 Å². The molecule has 83 valence electrons. The maximum absolute atomic E-state index is 6.06. The zero-order valence-electron chi connectivity index (χ0n) is 10.4. The van der Waals surface area contributed by atoms with Gasteiger partial charge in [-0.3, -0.25) is 0 Å². The molecule has 1 aromatic carbocycles. The maximum Gasteiger partial charge on any atom is 0.172 e. The summed E-state index contributed by atoms with van der Waals surface area (Å²) in [5.74, 6) is 0. The topological polar surface area (TPSA) is 9.23 Å². The number of hydrogen-bond donors (Lipinski definition) is 0. The lowest BCUT2D eigenvalue weighted by molar-refractivity contribution is 0.226. The molecule has 1 aromatic rings. The quantitative estimate of drug-likeness (QED) is 0.708. The lowest BCUT2D eigenvalue weighted by Crippen LogP contribution is -2.26. The maximum atomic E-state index is 6.06. The van der Waals surface area contributed by atoms with Gasteiger partial charge in [0.1, 0.15) is 6.10 Å². The molecule has 1 rings (SSSR count). The second kappa shape index (κ2) is 4.95. The van der Waals surface area contributed by atoms with E-state index in [1.807, 2.05) is 6.07 Å². The average molecular weight is 221 g/mol. The molecule has 0 saturated carbocycles. The van der Waals surface area contributed by atoms with E-state index in [9.17, 15) is 0 Å². The molecule has 1 radical (unpaired) electrons. The third-order valence-corrected chi connectivity index (χ3v) is 2.78. The van der Waals surface area contributed by atoms with E-state index in [-0.39, 0.29) is 5.41 Å². The van der Waals surface area contributed by atoms with Gasteiger partial charge in [-0.25, -0.2) is 0 Å². The van der Waals surface area contributed by atoms with Crippen LogP contribution in [0.2, 0.25) is 13.1 Å². The predicted octanol–water partition coefficient (Wildman–Crippen LogP) is 3.61. The van der Waals surface area contributed by atoms with Crippen LogP contribution in [0.3, 0.4) is 0 Å². The Morgan fingerprint density at radius 3 is 2.00 bits per heavy atom. The monoisotopic (exact) mass is 221 g/mol. The first-order chi connectivity index (χ1) is 6.91. The van der Waals surface area contributed by atoms with Crippen molar-refractivity contribution < 1.29 is 4.43 Å². The van der Waals surface area contributed by atoms with Gasteiger partial charge in [0.15, 0.2) is 9.04 Å². The van der Waals surface area contributed by atoms with E-state index in [1.165, 1.54) is 5.56 Å². The molecule has 0 aliphatic carbocycles. The van der Waals surface area contributed by atoms with Crippen LogP contribution >= 0.6 is 0 Å². The highest BCUT2D eigenvalue weighted by atomic mass is 28.3. The van der Waals surface area contributed by atoms with Crippen LogP contribution in [0.1, 0.15) is 26.3 Å². The van der Waals surface area contributed by atoms with E-state index in [0.717, 1.165) is 6.10 Å². The van der Waals surface area contributed by atoms with Gasteiger partial charge >= 0.3 is 0 Å². The summed E-state index contributed by atoms with van der Waals surface area (Å²) >= 11 is 0. The molecule has 15 heavy (non-hydrogen) atoms. The minimum Gasteiger partial charge on any atom is -0.407 e. The number of rotatable bonds is 3. The average Bonchev–Trinajstić information content (AvgIpc) is 2.14. The molecule has 0 fully saturated rings. The van der Waals surface area contributed by atoms with Crippen molar-refractivity contribution in [2.24, 2.45) is 5.41 Å². The fourth-order valence-electron chi connectivity index (χ4n) is 1.50. The van der Waals surface area contributed by atoms with E-state index in [4.69, 9.17) is 4.43 Å². The highest BCUT2D eigenvalue weighted by Crippen LogP contribution is 2.35. The van der Waals surface area contributed by atoms with Crippen LogP contribution in [0.4, 0.5) is 0 Å². The molecule has 1 nitrogen and oxygen atoms in total. The van der Waals surface area contributed by atoms with Gasteiger partial charge in [0.25, 0.3) is 0 Å². The zero-order chi connectivity index (χ0) is 11.5. The molecule has 0 amide bonds. The van der Waals surface area contributed by atoms with Gasteiger partial charge in [0.2, 0.25) is 0 Å². The van der Waals surface area contributed by atoms with Crippen LogP contribution in [-0.4, -0.2) is 9.04 Å². The van der Waals surface area contributed by atoms with E-state index >= 15 is 0 Å². The van der Waals surface area contributed by atoms with Crippen LogP contribution in [0, 0.1) is 11.5 Å². The SMILES string of the molecule is C[SiH](C)O[C](c1ccccc1)C(C)(C)C. The Bertz CT molecular complexity index is 287. The van der Waals surface area contributed by atoms with Crippen molar-refractivity contribution in [2.75, 3.05) is 0 Å². The van der Waals surface area contributed by atoms with Gasteiger partial charge in [0, 0.05) is 0 Å². The summed E-state index contributed by atoms with van der Waals surface area (Å²) in [5.41, 5.74) is 1.30. The van der Waals surface area contributed by atoms with Crippen LogP contribution in [0.5, 0.6) is 0 Å². The van der Waals surface area contributed by atoms with Gasteiger partial charge < -0.3 is 4.43 Å². The van der Waals surface area contributed by atoms with Crippen molar-refractivity contribution >= 4 is 9.04 Å². The van der Waals surface area contributed by atoms with Gasteiger partial charge in [-0.05, 0) is 24.1 Å². The Balaban J connectivity index is 2.92. The fraction of sp³-hybridized carbons (Fsp3) is 0.462. The van der Waals surface area contributed by atoms with E-state index < -0.39 is 9.04 Å². The molecule has 0 bridgehead atoms. The Hall–Kier alpha value is -0.603. The first-order valence-corrected chi connectivity index (χ1v) is 8.29. The van der Waals surface area contributed by atoms with Crippen molar-refractivity contribution in [1.82, 2.24) is 0 Å². The van der Waals surface area contributed by atoms with Crippen LogP contribution in [0.25, 0.3) is 0 Å². The van der Waals surface area contributed by atoms with Crippen LogP contribution in [0.15, 0.2) is 30.3 Å². The van der Waals surface area contributed by atoms with Gasteiger partial charge in [-0.2, -0.15) is 0 Å². The largest absolute Gasteiger partial charge is 0.407 e. The van der Waals surface area contributed by atoms with E-state index in [2.05, 4.69) is 58.1 Å². The molecule has 0 aliphatic heterocycles. The molecule has 0 unspecified atom stereocenters. The molecule has 0 heterocycles. The summed E-state index contributed by atoms with van der Waals surface area (Å²) in [7, 11) is -1.04. The van der Waals surface area contributed by atoms with E-state index in [0.29, 0.717) is 0 Å². The summed E-state index contributed by atoms with van der Waals surface area (Å²) in [6, 6.07) is 10.4. The summed E-state index contributed by atoms with van der Waals surface area (Å²) in [6.07, 6.45) is 1.13. The summed E-state index contributed by atoms with van der Waals surface area (Å²) in [6.45, 7) is 11.0. The summed E-state index contributed by atoms with van der Waals surface area (Å²) in [4.78, 5) is 0. The molecular formula is C13H21OSi. The molecule has 0 aliphatic rings. The second-order valence-corrected chi connectivity index (χ2v) is 7.44. The molecule has 2 heteroatoms. The lowest BCUT2D eigenvalue weighted by Gasteiger charge is -2.31.